The van der Waals surface area contributed by atoms with E-state index in [1.165, 1.54) is 13.2 Å². The number of carboxylic acids is 1. The largest absolute Gasteiger partial charge is 0.493 e. The van der Waals surface area contributed by atoms with E-state index in [1.54, 1.807) is 12.1 Å². The lowest BCUT2D eigenvalue weighted by atomic mass is 9.93. The number of rotatable bonds is 4. The minimum atomic E-state index is -1.03. The van der Waals surface area contributed by atoms with E-state index < -0.39 is 5.97 Å². The van der Waals surface area contributed by atoms with E-state index >= 15 is 0 Å². The van der Waals surface area contributed by atoms with Crippen molar-refractivity contribution in [1.82, 2.24) is 0 Å². The fourth-order valence-electron chi connectivity index (χ4n) is 2.39. The highest BCUT2D eigenvalue weighted by Crippen LogP contribution is 2.34. The van der Waals surface area contributed by atoms with Crippen LogP contribution in [-0.2, 0) is 0 Å². The number of ether oxygens (including phenoxy) is 2. The number of hydrogen-bond donors (Lipinski definition) is 2. The number of carbonyl (C=O) groups is 1. The van der Waals surface area contributed by atoms with Crippen LogP contribution in [0.3, 0.4) is 0 Å². The van der Waals surface area contributed by atoms with E-state index in [-0.39, 0.29) is 23.5 Å². The predicted molar refractivity (Wildman–Crippen MR) is 70.8 cm³/mol. The van der Waals surface area contributed by atoms with Crippen molar-refractivity contribution in [2.75, 3.05) is 7.11 Å². The summed E-state index contributed by atoms with van der Waals surface area (Å²) in [5, 5.41) is 9.21. The normalized spacial score (nSPS) is 22.8. The Morgan fingerprint density at radius 3 is 2.74 bits per heavy atom. The van der Waals surface area contributed by atoms with Crippen LogP contribution in [0.5, 0.6) is 11.5 Å². The third-order valence-corrected chi connectivity index (χ3v) is 3.45. The van der Waals surface area contributed by atoms with E-state index in [1.807, 2.05) is 0 Å². The summed E-state index contributed by atoms with van der Waals surface area (Å²) in [5.74, 6) is -0.323. The molecule has 104 valence electrons. The zero-order chi connectivity index (χ0) is 13.8. The summed E-state index contributed by atoms with van der Waals surface area (Å²) in [4.78, 5) is 11.2. The van der Waals surface area contributed by atoms with Crippen LogP contribution in [0.2, 0.25) is 0 Å². The number of nitrogens with two attached hydrogens (primary N) is 1. The van der Waals surface area contributed by atoms with Crippen molar-refractivity contribution in [1.29, 1.82) is 0 Å². The fraction of sp³-hybridized carbons (Fsp3) is 0.500. The number of hydrogen-bond acceptors (Lipinski definition) is 4. The molecule has 0 aromatic heterocycles. The van der Waals surface area contributed by atoms with Crippen molar-refractivity contribution in [3.63, 3.8) is 0 Å². The first kappa shape index (κ1) is 13.7. The molecule has 3 N–H and O–H groups in total. The quantitative estimate of drug-likeness (QED) is 0.870. The highest BCUT2D eigenvalue weighted by molar-refractivity contribution is 5.92. The summed E-state index contributed by atoms with van der Waals surface area (Å²) >= 11 is 0. The van der Waals surface area contributed by atoms with Gasteiger partial charge in [-0.3, -0.25) is 0 Å². The van der Waals surface area contributed by atoms with Crippen molar-refractivity contribution in [3.05, 3.63) is 23.8 Å². The maximum Gasteiger partial charge on any atom is 0.339 e. The molecule has 0 heterocycles. The number of aromatic carboxylic acids is 1. The van der Waals surface area contributed by atoms with Crippen molar-refractivity contribution in [2.24, 2.45) is 5.73 Å². The molecule has 19 heavy (non-hydrogen) atoms. The Labute approximate surface area is 112 Å². The zero-order valence-corrected chi connectivity index (χ0v) is 11.0. The molecule has 0 amide bonds. The predicted octanol–water partition coefficient (Wildman–Crippen LogP) is 2.04. The molecule has 2 atom stereocenters. The average molecular weight is 265 g/mol. The molecule has 5 heteroatoms. The number of carboxylic acid groups (broad SMARTS) is 1. The lowest BCUT2D eigenvalue weighted by molar-refractivity contribution is 0.0680. The van der Waals surface area contributed by atoms with Gasteiger partial charge in [0.25, 0.3) is 0 Å². The van der Waals surface area contributed by atoms with E-state index in [0.717, 1.165) is 25.7 Å². The van der Waals surface area contributed by atoms with Gasteiger partial charge in [0.2, 0.25) is 0 Å². The van der Waals surface area contributed by atoms with Crippen LogP contribution >= 0.6 is 0 Å². The van der Waals surface area contributed by atoms with Crippen molar-refractivity contribution < 1.29 is 19.4 Å². The molecule has 1 aromatic rings. The zero-order valence-electron chi connectivity index (χ0n) is 11.0. The molecular weight excluding hydrogens is 246 g/mol. The molecule has 0 spiro atoms. The lowest BCUT2D eigenvalue weighted by Crippen LogP contribution is -2.41. The van der Waals surface area contributed by atoms with Crippen LogP contribution in [0.15, 0.2) is 18.2 Å². The van der Waals surface area contributed by atoms with E-state index in [0.29, 0.717) is 5.75 Å². The van der Waals surface area contributed by atoms with E-state index in [2.05, 4.69) is 0 Å². The van der Waals surface area contributed by atoms with Gasteiger partial charge in [-0.05, 0) is 31.4 Å². The lowest BCUT2D eigenvalue weighted by Gasteiger charge is -2.30. The van der Waals surface area contributed by atoms with Crippen molar-refractivity contribution in [2.45, 2.75) is 37.8 Å². The summed E-state index contributed by atoms with van der Waals surface area (Å²) in [5.41, 5.74) is 6.14. The number of para-hydroxylation sites is 1. The molecule has 0 aliphatic heterocycles. The van der Waals surface area contributed by atoms with Gasteiger partial charge in [0, 0.05) is 6.04 Å². The first-order valence-electron chi connectivity index (χ1n) is 6.46. The van der Waals surface area contributed by atoms with Crippen LogP contribution < -0.4 is 15.2 Å². The first-order valence-corrected chi connectivity index (χ1v) is 6.46. The van der Waals surface area contributed by atoms with Crippen molar-refractivity contribution in [3.8, 4) is 11.5 Å². The fourth-order valence-corrected chi connectivity index (χ4v) is 2.39. The Morgan fingerprint density at radius 1 is 1.37 bits per heavy atom. The van der Waals surface area contributed by atoms with Crippen LogP contribution in [0.4, 0.5) is 0 Å². The molecule has 1 aliphatic carbocycles. The molecule has 1 aromatic carbocycles. The third kappa shape index (κ3) is 2.98. The molecule has 0 bridgehead atoms. The van der Waals surface area contributed by atoms with Gasteiger partial charge < -0.3 is 20.3 Å². The summed E-state index contributed by atoms with van der Waals surface area (Å²) in [6, 6.07) is 4.78. The van der Waals surface area contributed by atoms with Crippen LogP contribution in [0.1, 0.15) is 36.0 Å². The van der Waals surface area contributed by atoms with Gasteiger partial charge >= 0.3 is 5.97 Å². The van der Waals surface area contributed by atoms with Gasteiger partial charge in [-0.15, -0.1) is 0 Å². The van der Waals surface area contributed by atoms with Crippen LogP contribution in [0.25, 0.3) is 0 Å². The second kappa shape index (κ2) is 5.93. The Bertz CT molecular complexity index is 461. The maximum atomic E-state index is 11.2. The van der Waals surface area contributed by atoms with Gasteiger partial charge in [-0.2, -0.15) is 0 Å². The van der Waals surface area contributed by atoms with Gasteiger partial charge in [0.15, 0.2) is 11.5 Å². The maximum absolute atomic E-state index is 11.2. The second-order valence-electron chi connectivity index (χ2n) is 4.75. The molecule has 2 rings (SSSR count). The topological polar surface area (TPSA) is 81.8 Å². The summed E-state index contributed by atoms with van der Waals surface area (Å²) in [6.07, 6.45) is 3.75. The smallest absolute Gasteiger partial charge is 0.339 e. The summed E-state index contributed by atoms with van der Waals surface area (Å²) in [7, 11) is 1.49. The van der Waals surface area contributed by atoms with Crippen LogP contribution in [-0.4, -0.2) is 30.3 Å². The molecule has 2 unspecified atom stereocenters. The Kier molecular flexibility index (Phi) is 4.27. The SMILES string of the molecule is COc1cccc(C(=O)O)c1OC1CCCCC1N. The van der Waals surface area contributed by atoms with Crippen molar-refractivity contribution >= 4 is 5.97 Å². The molecular formula is C14H19NO4. The summed E-state index contributed by atoms with van der Waals surface area (Å²) < 4.78 is 11.0. The van der Waals surface area contributed by atoms with Gasteiger partial charge in [-0.25, -0.2) is 4.79 Å². The Morgan fingerprint density at radius 2 is 2.11 bits per heavy atom. The molecule has 1 fully saturated rings. The second-order valence-corrected chi connectivity index (χ2v) is 4.75. The minimum absolute atomic E-state index is 0.0553. The minimum Gasteiger partial charge on any atom is -0.493 e. The molecule has 1 saturated carbocycles. The van der Waals surface area contributed by atoms with Crippen LogP contribution in [0, 0.1) is 0 Å². The standard InChI is InChI=1S/C14H19NO4/c1-18-12-8-4-5-9(14(16)17)13(12)19-11-7-3-2-6-10(11)15/h4-5,8,10-11H,2-3,6-7,15H2,1H3,(H,16,17). The monoisotopic (exact) mass is 265 g/mol. The first-order chi connectivity index (χ1) is 9.13. The molecule has 5 nitrogen and oxygen atoms in total. The molecule has 0 saturated heterocycles. The molecule has 1 aliphatic rings. The highest BCUT2D eigenvalue weighted by Gasteiger charge is 2.26. The number of benzene rings is 1. The van der Waals surface area contributed by atoms with Gasteiger partial charge in [0.1, 0.15) is 11.7 Å². The van der Waals surface area contributed by atoms with Gasteiger partial charge in [-0.1, -0.05) is 12.5 Å². The van der Waals surface area contributed by atoms with E-state index in [9.17, 15) is 9.90 Å². The highest BCUT2D eigenvalue weighted by atomic mass is 16.5. The Balaban J connectivity index is 2.29. The summed E-state index contributed by atoms with van der Waals surface area (Å²) in [6.45, 7) is 0. The number of methoxy groups -OCH3 is 1. The Hall–Kier alpha value is -1.75. The van der Waals surface area contributed by atoms with E-state index in [4.69, 9.17) is 15.2 Å². The van der Waals surface area contributed by atoms with Gasteiger partial charge in [0.05, 0.1) is 7.11 Å². The molecule has 0 radical (unpaired) electrons. The third-order valence-electron chi connectivity index (χ3n) is 3.45. The average Bonchev–Trinajstić information content (AvgIpc) is 2.41.